The van der Waals surface area contributed by atoms with Crippen molar-refractivity contribution >= 4 is 11.6 Å². The number of halogens is 3. The van der Waals surface area contributed by atoms with E-state index in [1.165, 1.54) is 12.1 Å². The average Bonchev–Trinajstić information content (AvgIpc) is 2.65. The Morgan fingerprint density at radius 2 is 1.62 bits per heavy atom. The summed E-state index contributed by atoms with van der Waals surface area (Å²) in [6, 6.07) is 14.1. The highest BCUT2D eigenvalue weighted by Crippen LogP contribution is 2.45. The van der Waals surface area contributed by atoms with Gasteiger partial charge in [-0.3, -0.25) is 4.79 Å². The van der Waals surface area contributed by atoms with Gasteiger partial charge in [0, 0.05) is 5.69 Å². The van der Waals surface area contributed by atoms with E-state index in [9.17, 15) is 23.1 Å². The third-order valence-corrected chi connectivity index (χ3v) is 5.06. The van der Waals surface area contributed by atoms with Crippen molar-refractivity contribution in [1.29, 1.82) is 0 Å². The van der Waals surface area contributed by atoms with E-state index in [1.807, 2.05) is 30.3 Å². The van der Waals surface area contributed by atoms with Crippen molar-refractivity contribution in [2.75, 3.05) is 5.32 Å². The van der Waals surface area contributed by atoms with Crippen LogP contribution in [0.5, 0.6) is 0 Å². The molecule has 26 heavy (non-hydrogen) atoms. The summed E-state index contributed by atoms with van der Waals surface area (Å²) in [7, 11) is 0. The largest absolute Gasteiger partial charge is 0.383 e. The number of alkyl halides is 2. The molecule has 0 unspecified atom stereocenters. The molecule has 0 saturated heterocycles. The minimum Gasteiger partial charge on any atom is -0.383 e. The Kier molecular flexibility index (Phi) is 5.05. The number of hydrogen-bond donors (Lipinski definition) is 2. The third-order valence-electron chi connectivity index (χ3n) is 5.06. The molecular weight excluding hydrogens is 343 g/mol. The predicted octanol–water partition coefficient (Wildman–Crippen LogP) is 4.49. The summed E-state index contributed by atoms with van der Waals surface area (Å²) in [5.41, 5.74) is -1.28. The van der Waals surface area contributed by atoms with Crippen LogP contribution in [0.4, 0.5) is 18.9 Å². The van der Waals surface area contributed by atoms with Crippen LogP contribution in [0.3, 0.4) is 0 Å². The van der Waals surface area contributed by atoms with Gasteiger partial charge in [0.1, 0.15) is 11.4 Å². The number of carbonyl (C=O) groups excluding carboxylic acids is 1. The van der Waals surface area contributed by atoms with Crippen LogP contribution < -0.4 is 5.32 Å². The summed E-state index contributed by atoms with van der Waals surface area (Å²) in [6.07, 6.45) is 0.409. The highest BCUT2D eigenvalue weighted by atomic mass is 19.3. The number of amides is 1. The Hall–Kier alpha value is -2.34. The molecule has 0 radical (unpaired) electrons. The second-order valence-corrected chi connectivity index (χ2v) is 6.75. The number of carbonyl (C=O) groups is 1. The first-order valence-corrected chi connectivity index (χ1v) is 8.54. The number of benzene rings is 2. The van der Waals surface area contributed by atoms with Crippen molar-refractivity contribution in [2.24, 2.45) is 0 Å². The monoisotopic (exact) mass is 363 g/mol. The van der Waals surface area contributed by atoms with E-state index >= 15 is 0 Å². The fourth-order valence-electron chi connectivity index (χ4n) is 3.42. The fraction of sp³-hybridized carbons (Fsp3) is 0.350. The summed E-state index contributed by atoms with van der Waals surface area (Å²) in [5, 5.41) is 12.5. The molecule has 2 aromatic carbocycles. The maximum absolute atomic E-state index is 14.6. The topological polar surface area (TPSA) is 49.3 Å². The number of rotatable bonds is 4. The second kappa shape index (κ2) is 7.11. The number of anilines is 1. The first-order chi connectivity index (χ1) is 12.3. The van der Waals surface area contributed by atoms with Gasteiger partial charge in [-0.25, -0.2) is 4.39 Å². The Bertz CT molecular complexity index is 754. The van der Waals surface area contributed by atoms with Gasteiger partial charge in [0.05, 0.1) is 0 Å². The summed E-state index contributed by atoms with van der Waals surface area (Å²) in [4.78, 5) is 12.1. The van der Waals surface area contributed by atoms with Gasteiger partial charge in [-0.15, -0.1) is 0 Å². The zero-order chi connectivity index (χ0) is 18.8. The summed E-state index contributed by atoms with van der Waals surface area (Å²) in [6.45, 7) is 0. The first kappa shape index (κ1) is 18.5. The molecule has 2 aromatic rings. The van der Waals surface area contributed by atoms with Crippen LogP contribution in [-0.4, -0.2) is 22.5 Å². The van der Waals surface area contributed by atoms with Crippen molar-refractivity contribution in [3.63, 3.8) is 0 Å². The molecule has 1 aliphatic carbocycles. The van der Waals surface area contributed by atoms with E-state index in [1.54, 1.807) is 0 Å². The number of hydrogen-bond acceptors (Lipinski definition) is 2. The lowest BCUT2D eigenvalue weighted by molar-refractivity contribution is -0.197. The molecule has 3 nitrogen and oxygen atoms in total. The zero-order valence-electron chi connectivity index (χ0n) is 14.1. The minimum atomic E-state index is -3.94. The summed E-state index contributed by atoms with van der Waals surface area (Å²) < 4.78 is 42.2. The molecule has 1 aliphatic rings. The lowest BCUT2D eigenvalue weighted by Gasteiger charge is -2.40. The Labute approximate surface area is 149 Å². The molecule has 0 atom stereocenters. The quantitative estimate of drug-likeness (QED) is 0.841. The molecule has 1 fully saturated rings. The van der Waals surface area contributed by atoms with E-state index < -0.39 is 23.2 Å². The van der Waals surface area contributed by atoms with E-state index in [4.69, 9.17) is 0 Å². The average molecular weight is 363 g/mol. The van der Waals surface area contributed by atoms with Crippen molar-refractivity contribution in [2.45, 2.75) is 43.1 Å². The maximum atomic E-state index is 14.6. The van der Waals surface area contributed by atoms with Crippen LogP contribution >= 0.6 is 0 Å². The molecule has 2 N–H and O–H groups in total. The normalized spacial score (nSPS) is 23.5. The van der Waals surface area contributed by atoms with E-state index in [0.29, 0.717) is 12.8 Å². The van der Waals surface area contributed by atoms with Crippen molar-refractivity contribution < 1.29 is 23.1 Å². The predicted molar refractivity (Wildman–Crippen MR) is 92.6 cm³/mol. The molecule has 3 rings (SSSR count). The zero-order valence-corrected chi connectivity index (χ0v) is 14.1. The molecule has 6 heteroatoms. The Balaban J connectivity index is 1.68. The van der Waals surface area contributed by atoms with Gasteiger partial charge in [0.25, 0.3) is 5.91 Å². The van der Waals surface area contributed by atoms with Crippen molar-refractivity contribution in [1.82, 2.24) is 0 Å². The molecule has 138 valence electrons. The van der Waals surface area contributed by atoms with Gasteiger partial charge in [-0.05, 0) is 61.4 Å². The number of nitrogens with one attached hydrogen (secondary N) is 1. The van der Waals surface area contributed by atoms with Crippen molar-refractivity contribution in [3.8, 4) is 0 Å². The van der Waals surface area contributed by atoms with Gasteiger partial charge in [0.2, 0.25) is 0 Å². The maximum Gasteiger partial charge on any atom is 0.352 e. The molecule has 0 bridgehead atoms. The van der Waals surface area contributed by atoms with Crippen LogP contribution in [0.1, 0.15) is 37.2 Å². The standard InChI is InChI=1S/C20H20F3NO2/c21-16-6-8-17(9-7-16)24-18(25)20(22,23)19(26)12-10-15(11-13-19)14-4-2-1-3-5-14/h1-9,15,26H,10-13H2,(H,24,25). The van der Waals surface area contributed by atoms with Crippen LogP contribution in [0.15, 0.2) is 54.6 Å². The van der Waals surface area contributed by atoms with Gasteiger partial charge < -0.3 is 10.4 Å². The Morgan fingerprint density at radius 1 is 1.04 bits per heavy atom. The highest BCUT2D eigenvalue weighted by molar-refractivity contribution is 5.97. The highest BCUT2D eigenvalue weighted by Gasteiger charge is 2.59. The van der Waals surface area contributed by atoms with E-state index in [0.717, 1.165) is 17.7 Å². The van der Waals surface area contributed by atoms with Crippen LogP contribution in [0.2, 0.25) is 0 Å². The molecule has 0 heterocycles. The molecule has 0 spiro atoms. The third kappa shape index (κ3) is 3.60. The van der Waals surface area contributed by atoms with Crippen molar-refractivity contribution in [3.05, 3.63) is 66.0 Å². The van der Waals surface area contributed by atoms with Gasteiger partial charge in [-0.2, -0.15) is 8.78 Å². The Morgan fingerprint density at radius 3 is 2.19 bits per heavy atom. The van der Waals surface area contributed by atoms with Gasteiger partial charge in [-0.1, -0.05) is 30.3 Å². The van der Waals surface area contributed by atoms with Crippen LogP contribution in [-0.2, 0) is 4.79 Å². The van der Waals surface area contributed by atoms with E-state index in [-0.39, 0.29) is 24.4 Å². The summed E-state index contributed by atoms with van der Waals surface area (Å²) in [5.74, 6) is -5.96. The first-order valence-electron chi connectivity index (χ1n) is 8.54. The molecule has 0 aliphatic heterocycles. The second-order valence-electron chi connectivity index (χ2n) is 6.75. The lowest BCUT2D eigenvalue weighted by atomic mass is 9.73. The van der Waals surface area contributed by atoms with Gasteiger partial charge in [0.15, 0.2) is 0 Å². The summed E-state index contributed by atoms with van der Waals surface area (Å²) >= 11 is 0. The molecule has 1 amide bonds. The number of aliphatic hydroxyl groups is 1. The van der Waals surface area contributed by atoms with Crippen LogP contribution in [0.25, 0.3) is 0 Å². The van der Waals surface area contributed by atoms with E-state index in [2.05, 4.69) is 5.32 Å². The SMILES string of the molecule is O=C(Nc1ccc(F)cc1)C(F)(F)C1(O)CCC(c2ccccc2)CC1. The molecule has 0 aromatic heterocycles. The van der Waals surface area contributed by atoms with Gasteiger partial charge >= 0.3 is 5.92 Å². The molecule has 1 saturated carbocycles. The lowest BCUT2D eigenvalue weighted by Crippen LogP contribution is -2.56. The fourth-order valence-corrected chi connectivity index (χ4v) is 3.42. The minimum absolute atomic E-state index is 0.0534. The smallest absolute Gasteiger partial charge is 0.352 e. The molecular formula is C20H20F3NO2. The van der Waals surface area contributed by atoms with Crippen LogP contribution in [0, 0.1) is 5.82 Å².